The fourth-order valence-electron chi connectivity index (χ4n) is 4.00. The van der Waals surface area contributed by atoms with E-state index in [4.69, 9.17) is 14.5 Å². The van der Waals surface area contributed by atoms with Gasteiger partial charge in [0.05, 0.1) is 29.8 Å². The van der Waals surface area contributed by atoms with Gasteiger partial charge in [-0.1, -0.05) is 54.6 Å². The number of carbonyl (C=O) groups is 1. The molecule has 0 saturated carbocycles. The molecule has 194 valence electrons. The van der Waals surface area contributed by atoms with Crippen molar-refractivity contribution in [1.29, 1.82) is 0 Å². The smallest absolute Gasteiger partial charge is 0.335 e. The number of rotatable bonds is 8. The first-order chi connectivity index (χ1) is 18.9. The zero-order valence-electron chi connectivity index (χ0n) is 20.7. The van der Waals surface area contributed by atoms with E-state index in [0.29, 0.717) is 43.8 Å². The van der Waals surface area contributed by atoms with Gasteiger partial charge in [0.15, 0.2) is 17.3 Å². The molecule has 4 aromatic carbocycles. The van der Waals surface area contributed by atoms with Gasteiger partial charge in [-0.2, -0.15) is 9.78 Å². The summed E-state index contributed by atoms with van der Waals surface area (Å²) in [6.07, 6.45) is 1.55. The van der Waals surface area contributed by atoms with Crippen LogP contribution in [0.5, 0.6) is 11.5 Å². The Balaban J connectivity index is 1.49. The Labute approximate surface area is 231 Å². The lowest BCUT2D eigenvalue weighted by molar-refractivity contribution is 0.0696. The summed E-state index contributed by atoms with van der Waals surface area (Å²) in [5.74, 6) is 0.317. The average Bonchev–Trinajstić information content (AvgIpc) is 2.96. The first-order valence-corrected chi connectivity index (χ1v) is 12.7. The van der Waals surface area contributed by atoms with E-state index in [9.17, 15) is 14.7 Å². The van der Waals surface area contributed by atoms with Crippen molar-refractivity contribution in [3.05, 3.63) is 123 Å². The van der Waals surface area contributed by atoms with Crippen LogP contribution in [0, 0.1) is 0 Å². The third-order valence-corrected chi connectivity index (χ3v) is 6.64. The number of hydrogen-bond acceptors (Lipinski definition) is 6. The van der Waals surface area contributed by atoms with Crippen LogP contribution < -0.4 is 15.0 Å². The number of nitrogens with zero attached hydrogens (tertiary/aromatic N) is 3. The molecule has 0 spiro atoms. The van der Waals surface area contributed by atoms with Crippen molar-refractivity contribution in [2.45, 2.75) is 6.61 Å². The number of hydrogen-bond donors (Lipinski definition) is 1. The number of methoxy groups -OCH3 is 1. The highest BCUT2D eigenvalue weighted by Gasteiger charge is 2.14. The van der Waals surface area contributed by atoms with Crippen molar-refractivity contribution in [1.82, 2.24) is 9.66 Å². The molecule has 0 unspecified atom stereocenters. The molecule has 0 aliphatic carbocycles. The van der Waals surface area contributed by atoms with Crippen molar-refractivity contribution < 1.29 is 19.4 Å². The van der Waals surface area contributed by atoms with E-state index in [1.54, 1.807) is 54.7 Å². The molecule has 0 aliphatic rings. The van der Waals surface area contributed by atoms with Crippen LogP contribution in [-0.2, 0) is 6.61 Å². The SMILES string of the molecule is COc1cc(C=Nn2c(-c3ccccc3)nc3ccccc3c2=O)c(Br)cc1OCc1cccc(C(=O)O)c1. The first-order valence-electron chi connectivity index (χ1n) is 11.9. The van der Waals surface area contributed by atoms with Gasteiger partial charge in [-0.3, -0.25) is 4.79 Å². The van der Waals surface area contributed by atoms with Crippen molar-refractivity contribution in [2.75, 3.05) is 7.11 Å². The lowest BCUT2D eigenvalue weighted by Crippen LogP contribution is -2.20. The molecule has 0 aliphatic heterocycles. The number of carboxylic acid groups (broad SMARTS) is 1. The number of fused-ring (bicyclic) bond motifs is 1. The molecule has 0 saturated heterocycles. The number of para-hydroxylation sites is 1. The predicted octanol–water partition coefficient (Wildman–Crippen LogP) is 5.99. The van der Waals surface area contributed by atoms with E-state index in [-0.39, 0.29) is 17.7 Å². The summed E-state index contributed by atoms with van der Waals surface area (Å²) in [7, 11) is 1.52. The molecule has 1 heterocycles. The minimum Gasteiger partial charge on any atom is -0.493 e. The van der Waals surface area contributed by atoms with Crippen molar-refractivity contribution in [2.24, 2.45) is 5.10 Å². The summed E-state index contributed by atoms with van der Waals surface area (Å²) < 4.78 is 13.4. The van der Waals surface area contributed by atoms with Gasteiger partial charge in [-0.15, -0.1) is 0 Å². The third-order valence-electron chi connectivity index (χ3n) is 5.95. The van der Waals surface area contributed by atoms with Gasteiger partial charge in [-0.05, 0) is 57.9 Å². The van der Waals surface area contributed by atoms with E-state index in [1.165, 1.54) is 17.9 Å². The lowest BCUT2D eigenvalue weighted by atomic mass is 10.1. The molecule has 9 heteroatoms. The van der Waals surface area contributed by atoms with Gasteiger partial charge in [0.25, 0.3) is 5.56 Å². The van der Waals surface area contributed by atoms with E-state index in [0.717, 1.165) is 5.56 Å². The van der Waals surface area contributed by atoms with Crippen LogP contribution in [0.4, 0.5) is 0 Å². The van der Waals surface area contributed by atoms with E-state index < -0.39 is 5.97 Å². The Bertz CT molecular complexity index is 1770. The fraction of sp³-hybridized carbons (Fsp3) is 0.0667. The molecule has 0 atom stereocenters. The highest BCUT2D eigenvalue weighted by atomic mass is 79.9. The molecule has 8 nitrogen and oxygen atoms in total. The average molecular weight is 584 g/mol. The van der Waals surface area contributed by atoms with E-state index in [1.807, 2.05) is 36.4 Å². The number of aromatic nitrogens is 2. The molecular formula is C30H22BrN3O5. The second-order valence-electron chi connectivity index (χ2n) is 8.50. The molecule has 5 aromatic rings. The zero-order valence-corrected chi connectivity index (χ0v) is 22.3. The largest absolute Gasteiger partial charge is 0.493 e. The molecule has 0 radical (unpaired) electrons. The quantitative estimate of drug-likeness (QED) is 0.225. The zero-order chi connectivity index (χ0) is 27.4. The van der Waals surface area contributed by atoms with Crippen LogP contribution in [0.2, 0.25) is 0 Å². The van der Waals surface area contributed by atoms with Gasteiger partial charge in [0.2, 0.25) is 0 Å². The lowest BCUT2D eigenvalue weighted by Gasteiger charge is -2.13. The number of carboxylic acids is 1. The van der Waals surface area contributed by atoms with Gasteiger partial charge in [-0.25, -0.2) is 9.78 Å². The van der Waals surface area contributed by atoms with Crippen LogP contribution in [0.25, 0.3) is 22.3 Å². The molecule has 1 N–H and O–H groups in total. The number of aromatic carboxylic acids is 1. The summed E-state index contributed by atoms with van der Waals surface area (Å²) >= 11 is 3.56. The summed E-state index contributed by atoms with van der Waals surface area (Å²) in [6, 6.07) is 26.6. The summed E-state index contributed by atoms with van der Waals surface area (Å²) in [6.45, 7) is 0.149. The molecule has 0 bridgehead atoms. The summed E-state index contributed by atoms with van der Waals surface area (Å²) in [4.78, 5) is 29.4. The van der Waals surface area contributed by atoms with Crippen LogP contribution in [0.1, 0.15) is 21.5 Å². The monoisotopic (exact) mass is 583 g/mol. The number of halogens is 1. The molecule has 1 aromatic heterocycles. The third kappa shape index (κ3) is 5.58. The minimum atomic E-state index is -1.00. The number of benzene rings is 4. The predicted molar refractivity (Wildman–Crippen MR) is 153 cm³/mol. The van der Waals surface area contributed by atoms with Gasteiger partial charge in [0, 0.05) is 15.6 Å². The Morgan fingerprint density at radius 3 is 2.54 bits per heavy atom. The highest BCUT2D eigenvalue weighted by molar-refractivity contribution is 9.10. The van der Waals surface area contributed by atoms with Crippen molar-refractivity contribution in [3.63, 3.8) is 0 Å². The molecular weight excluding hydrogens is 562 g/mol. The van der Waals surface area contributed by atoms with Gasteiger partial charge in [0.1, 0.15) is 6.61 Å². The molecule has 5 rings (SSSR count). The van der Waals surface area contributed by atoms with Crippen LogP contribution in [0.3, 0.4) is 0 Å². The summed E-state index contributed by atoms with van der Waals surface area (Å²) in [5.41, 5.74) is 2.59. The molecule has 0 amide bonds. The van der Waals surface area contributed by atoms with Gasteiger partial charge < -0.3 is 14.6 Å². The van der Waals surface area contributed by atoms with Crippen LogP contribution in [0.15, 0.2) is 105 Å². The fourth-order valence-corrected chi connectivity index (χ4v) is 4.43. The highest BCUT2D eigenvalue weighted by Crippen LogP contribution is 2.33. The van der Waals surface area contributed by atoms with Crippen LogP contribution in [-0.4, -0.2) is 34.1 Å². The topological polar surface area (TPSA) is 103 Å². The van der Waals surface area contributed by atoms with E-state index in [2.05, 4.69) is 21.0 Å². The molecule has 0 fully saturated rings. The second kappa shape index (κ2) is 11.3. The van der Waals surface area contributed by atoms with Crippen molar-refractivity contribution in [3.8, 4) is 22.9 Å². The maximum Gasteiger partial charge on any atom is 0.335 e. The Morgan fingerprint density at radius 2 is 1.77 bits per heavy atom. The van der Waals surface area contributed by atoms with Crippen molar-refractivity contribution >= 4 is 39.0 Å². The Hall–Kier alpha value is -4.76. The standard InChI is InChI=1S/C30H22BrN3O5/c1-38-26-15-22(24(31)16-27(26)39-18-19-8-7-11-21(14-19)30(36)37)17-32-34-28(20-9-3-2-4-10-20)33-25-13-6-5-12-23(25)29(34)35/h2-17H,18H2,1H3,(H,36,37). The second-order valence-corrected chi connectivity index (χ2v) is 9.35. The first kappa shape index (κ1) is 25.9. The normalized spacial score (nSPS) is 11.1. The number of ether oxygens (including phenoxy) is 2. The maximum atomic E-state index is 13.4. The van der Waals surface area contributed by atoms with E-state index >= 15 is 0 Å². The Morgan fingerprint density at radius 1 is 1.00 bits per heavy atom. The Kier molecular flexibility index (Phi) is 7.51. The molecule has 39 heavy (non-hydrogen) atoms. The van der Waals surface area contributed by atoms with Crippen LogP contribution >= 0.6 is 15.9 Å². The maximum absolute atomic E-state index is 13.4. The van der Waals surface area contributed by atoms with Gasteiger partial charge >= 0.3 is 5.97 Å². The summed E-state index contributed by atoms with van der Waals surface area (Å²) in [5, 5.41) is 14.2. The minimum absolute atomic E-state index is 0.149.